The third kappa shape index (κ3) is 2.62. The predicted octanol–water partition coefficient (Wildman–Crippen LogP) is 2.13. The van der Waals surface area contributed by atoms with E-state index in [0.29, 0.717) is 12.6 Å². The largest absolute Gasteiger partial charge is 0.348 e. The average Bonchev–Trinajstić information content (AvgIpc) is 3.06. The van der Waals surface area contributed by atoms with Gasteiger partial charge in [0.25, 0.3) is 0 Å². The van der Waals surface area contributed by atoms with Crippen LogP contribution in [0.3, 0.4) is 0 Å². The van der Waals surface area contributed by atoms with E-state index in [9.17, 15) is 0 Å². The SMILES string of the molecule is Cn1cnnc1CNc1nccn1C1CCCCC1. The molecular formula is C13H20N6. The molecule has 0 atom stereocenters. The summed E-state index contributed by atoms with van der Waals surface area (Å²) in [5, 5.41) is 11.3. The lowest BCUT2D eigenvalue weighted by Gasteiger charge is -2.24. The second kappa shape index (κ2) is 5.42. The van der Waals surface area contributed by atoms with Gasteiger partial charge in [0, 0.05) is 25.5 Å². The van der Waals surface area contributed by atoms with Gasteiger partial charge in [-0.15, -0.1) is 10.2 Å². The molecule has 2 heterocycles. The first-order chi connectivity index (χ1) is 9.34. The van der Waals surface area contributed by atoms with E-state index in [1.165, 1.54) is 32.1 Å². The van der Waals surface area contributed by atoms with Crippen LogP contribution in [0.1, 0.15) is 44.0 Å². The second-order valence-electron chi connectivity index (χ2n) is 5.16. The lowest BCUT2D eigenvalue weighted by molar-refractivity contribution is 0.355. The Morgan fingerprint density at radius 3 is 2.89 bits per heavy atom. The van der Waals surface area contributed by atoms with Crippen molar-refractivity contribution in [2.45, 2.75) is 44.7 Å². The van der Waals surface area contributed by atoms with Crippen LogP contribution in [0.25, 0.3) is 0 Å². The van der Waals surface area contributed by atoms with E-state index in [1.54, 1.807) is 6.33 Å². The molecule has 1 aliphatic rings. The van der Waals surface area contributed by atoms with E-state index in [0.717, 1.165) is 11.8 Å². The molecule has 3 rings (SSSR count). The fourth-order valence-electron chi connectivity index (χ4n) is 2.73. The lowest BCUT2D eigenvalue weighted by Crippen LogP contribution is -2.16. The predicted molar refractivity (Wildman–Crippen MR) is 72.7 cm³/mol. The summed E-state index contributed by atoms with van der Waals surface area (Å²) < 4.78 is 4.19. The first kappa shape index (κ1) is 12.2. The Kier molecular flexibility index (Phi) is 3.48. The summed E-state index contributed by atoms with van der Waals surface area (Å²) in [6, 6.07) is 0.596. The summed E-state index contributed by atoms with van der Waals surface area (Å²) >= 11 is 0. The number of rotatable bonds is 4. The highest BCUT2D eigenvalue weighted by molar-refractivity contribution is 5.27. The van der Waals surface area contributed by atoms with Crippen LogP contribution < -0.4 is 5.32 Å². The van der Waals surface area contributed by atoms with Gasteiger partial charge >= 0.3 is 0 Å². The molecule has 1 saturated carbocycles. The van der Waals surface area contributed by atoms with Crippen LogP contribution in [0.15, 0.2) is 18.7 Å². The molecule has 0 unspecified atom stereocenters. The molecule has 2 aromatic rings. The molecule has 2 aromatic heterocycles. The molecule has 0 amide bonds. The number of aryl methyl sites for hydroxylation is 1. The number of hydrogen-bond acceptors (Lipinski definition) is 4. The van der Waals surface area contributed by atoms with Crippen molar-refractivity contribution in [1.82, 2.24) is 24.3 Å². The highest BCUT2D eigenvalue weighted by Crippen LogP contribution is 2.30. The lowest BCUT2D eigenvalue weighted by atomic mass is 9.95. The van der Waals surface area contributed by atoms with Gasteiger partial charge in [-0.2, -0.15) is 0 Å². The van der Waals surface area contributed by atoms with Crippen LogP contribution >= 0.6 is 0 Å². The highest BCUT2D eigenvalue weighted by Gasteiger charge is 2.17. The van der Waals surface area contributed by atoms with E-state index in [-0.39, 0.29) is 0 Å². The fourth-order valence-corrected chi connectivity index (χ4v) is 2.73. The van der Waals surface area contributed by atoms with Crippen molar-refractivity contribution in [2.24, 2.45) is 7.05 Å². The summed E-state index contributed by atoms with van der Waals surface area (Å²) in [6.45, 7) is 0.653. The van der Waals surface area contributed by atoms with Crippen LogP contribution in [0.4, 0.5) is 5.95 Å². The molecule has 0 aromatic carbocycles. The van der Waals surface area contributed by atoms with Crippen molar-refractivity contribution >= 4 is 5.95 Å². The van der Waals surface area contributed by atoms with Gasteiger partial charge in [-0.25, -0.2) is 4.98 Å². The molecule has 102 valence electrons. The Hall–Kier alpha value is -1.85. The molecule has 0 saturated heterocycles. The van der Waals surface area contributed by atoms with Crippen molar-refractivity contribution in [2.75, 3.05) is 5.32 Å². The Bertz CT molecular complexity index is 523. The quantitative estimate of drug-likeness (QED) is 0.914. The van der Waals surface area contributed by atoms with Gasteiger partial charge in [-0.3, -0.25) is 0 Å². The van der Waals surface area contributed by atoms with Gasteiger partial charge in [-0.05, 0) is 12.8 Å². The van der Waals surface area contributed by atoms with Crippen molar-refractivity contribution in [3.05, 3.63) is 24.5 Å². The summed E-state index contributed by atoms with van der Waals surface area (Å²) in [7, 11) is 1.95. The Balaban J connectivity index is 1.68. The number of aromatic nitrogens is 5. The molecule has 6 nitrogen and oxygen atoms in total. The summed E-state index contributed by atoms with van der Waals surface area (Å²) in [4.78, 5) is 4.41. The van der Waals surface area contributed by atoms with E-state index < -0.39 is 0 Å². The minimum Gasteiger partial charge on any atom is -0.348 e. The Morgan fingerprint density at radius 2 is 2.16 bits per heavy atom. The molecule has 0 radical (unpaired) electrons. The first-order valence-corrected chi connectivity index (χ1v) is 6.94. The van der Waals surface area contributed by atoms with Crippen LogP contribution in [-0.2, 0) is 13.6 Å². The number of nitrogens with zero attached hydrogens (tertiary/aromatic N) is 5. The van der Waals surface area contributed by atoms with E-state index in [4.69, 9.17) is 0 Å². The van der Waals surface area contributed by atoms with Crippen molar-refractivity contribution in [3.63, 3.8) is 0 Å². The third-order valence-corrected chi connectivity index (χ3v) is 3.85. The number of anilines is 1. The summed E-state index contributed by atoms with van der Waals surface area (Å²) in [5.74, 6) is 1.85. The molecule has 1 N–H and O–H groups in total. The molecule has 1 aliphatic carbocycles. The second-order valence-corrected chi connectivity index (χ2v) is 5.16. The van der Waals surface area contributed by atoms with Crippen LogP contribution in [0.5, 0.6) is 0 Å². The van der Waals surface area contributed by atoms with Crippen LogP contribution in [0.2, 0.25) is 0 Å². The zero-order chi connectivity index (χ0) is 13.1. The summed E-state index contributed by atoms with van der Waals surface area (Å²) in [5.41, 5.74) is 0. The van der Waals surface area contributed by atoms with Gasteiger partial charge in [0.15, 0.2) is 5.82 Å². The molecule has 19 heavy (non-hydrogen) atoms. The third-order valence-electron chi connectivity index (χ3n) is 3.85. The zero-order valence-electron chi connectivity index (χ0n) is 11.3. The van der Waals surface area contributed by atoms with Gasteiger partial charge in [0.1, 0.15) is 6.33 Å². The van der Waals surface area contributed by atoms with Crippen molar-refractivity contribution < 1.29 is 0 Å². The van der Waals surface area contributed by atoms with Gasteiger partial charge in [0.2, 0.25) is 5.95 Å². The van der Waals surface area contributed by atoms with Gasteiger partial charge < -0.3 is 14.5 Å². The van der Waals surface area contributed by atoms with E-state index >= 15 is 0 Å². The molecule has 1 fully saturated rings. The molecular weight excluding hydrogens is 240 g/mol. The summed E-state index contributed by atoms with van der Waals surface area (Å²) in [6.07, 6.45) is 12.2. The molecule has 0 bridgehead atoms. The van der Waals surface area contributed by atoms with E-state index in [2.05, 4.69) is 31.3 Å². The molecule has 0 spiro atoms. The maximum absolute atomic E-state index is 4.41. The standard InChI is InChI=1S/C13H20N6/c1-18-10-16-17-12(18)9-15-13-14-7-8-19(13)11-5-3-2-4-6-11/h7-8,10-11H,2-6,9H2,1H3,(H,14,15). The van der Waals surface area contributed by atoms with Gasteiger partial charge in [0.05, 0.1) is 6.54 Å². The first-order valence-electron chi connectivity index (χ1n) is 6.94. The maximum Gasteiger partial charge on any atom is 0.203 e. The highest BCUT2D eigenvalue weighted by atomic mass is 15.3. The zero-order valence-corrected chi connectivity index (χ0v) is 11.3. The number of nitrogens with one attached hydrogen (secondary N) is 1. The number of hydrogen-bond donors (Lipinski definition) is 1. The normalized spacial score (nSPS) is 16.7. The maximum atomic E-state index is 4.41. The van der Waals surface area contributed by atoms with Crippen molar-refractivity contribution in [1.29, 1.82) is 0 Å². The minimum absolute atomic E-state index is 0.596. The Labute approximate surface area is 112 Å². The monoisotopic (exact) mass is 260 g/mol. The number of imidazole rings is 1. The fraction of sp³-hybridized carbons (Fsp3) is 0.615. The smallest absolute Gasteiger partial charge is 0.203 e. The van der Waals surface area contributed by atoms with Crippen LogP contribution in [0, 0.1) is 0 Å². The van der Waals surface area contributed by atoms with Gasteiger partial charge in [-0.1, -0.05) is 19.3 Å². The van der Waals surface area contributed by atoms with E-state index in [1.807, 2.05) is 17.8 Å². The molecule has 0 aliphatic heterocycles. The topological polar surface area (TPSA) is 60.6 Å². The minimum atomic E-state index is 0.596. The molecule has 6 heteroatoms. The van der Waals surface area contributed by atoms with Crippen LogP contribution in [-0.4, -0.2) is 24.3 Å². The average molecular weight is 260 g/mol. The van der Waals surface area contributed by atoms with Crippen molar-refractivity contribution in [3.8, 4) is 0 Å². The Morgan fingerprint density at radius 1 is 1.32 bits per heavy atom.